The van der Waals surface area contributed by atoms with Gasteiger partial charge in [-0.2, -0.15) is 0 Å². The summed E-state index contributed by atoms with van der Waals surface area (Å²) in [4.78, 5) is 8.40. The highest BCUT2D eigenvalue weighted by Gasteiger charge is 2.01. The van der Waals surface area contributed by atoms with Crippen LogP contribution in [0.2, 0.25) is 0 Å². The van der Waals surface area contributed by atoms with E-state index < -0.39 is 0 Å². The third kappa shape index (κ3) is 0.839. The van der Waals surface area contributed by atoms with Crippen LogP contribution in [-0.2, 0) is 0 Å². The summed E-state index contributed by atoms with van der Waals surface area (Å²) >= 11 is 0. The summed E-state index contributed by atoms with van der Waals surface area (Å²) in [7, 11) is 0. The Hall–Kier alpha value is -1.90. The lowest BCUT2D eigenvalue weighted by Gasteiger charge is -1.91. The fourth-order valence-corrected chi connectivity index (χ4v) is 1.45. The fourth-order valence-electron chi connectivity index (χ4n) is 1.45. The first kappa shape index (κ1) is 6.60. The highest BCUT2D eigenvalue weighted by molar-refractivity contribution is 5.76. The zero-order valence-corrected chi connectivity index (χ0v) is 6.81. The molecule has 0 spiro atoms. The van der Waals surface area contributed by atoms with Crippen LogP contribution in [0, 0.1) is 6.20 Å². The number of fused-ring (bicyclic) bond motifs is 3. The van der Waals surface area contributed by atoms with E-state index >= 15 is 0 Å². The van der Waals surface area contributed by atoms with Gasteiger partial charge in [0, 0.05) is 6.20 Å². The normalized spacial score (nSPS) is 11.1. The second kappa shape index (κ2) is 2.29. The average Bonchev–Trinajstić information content (AvgIpc) is 2.56. The molecule has 0 N–H and O–H groups in total. The number of pyridine rings is 2. The van der Waals surface area contributed by atoms with Crippen LogP contribution >= 0.6 is 0 Å². The Morgan fingerprint density at radius 3 is 3.23 bits per heavy atom. The second-order valence-electron chi connectivity index (χ2n) is 2.82. The van der Waals surface area contributed by atoms with Crippen LogP contribution < -0.4 is 0 Å². The SMILES string of the molecule is [c]1ccc2c(n1)nc1ccccn12. The summed E-state index contributed by atoms with van der Waals surface area (Å²) in [6.07, 6.45) is 4.75. The Kier molecular flexibility index (Phi) is 1.16. The largest absolute Gasteiger partial charge is 0.298 e. The van der Waals surface area contributed by atoms with Crippen LogP contribution in [0.15, 0.2) is 36.5 Å². The van der Waals surface area contributed by atoms with Crippen molar-refractivity contribution < 1.29 is 0 Å². The average molecular weight is 168 g/mol. The van der Waals surface area contributed by atoms with E-state index in [0.717, 1.165) is 16.8 Å². The minimum absolute atomic E-state index is 0.744. The van der Waals surface area contributed by atoms with Crippen LogP contribution in [0.5, 0.6) is 0 Å². The summed E-state index contributed by atoms with van der Waals surface area (Å²) in [6.45, 7) is 0. The van der Waals surface area contributed by atoms with E-state index in [1.807, 2.05) is 34.9 Å². The van der Waals surface area contributed by atoms with Gasteiger partial charge in [-0.25, -0.2) is 9.97 Å². The van der Waals surface area contributed by atoms with Crippen molar-refractivity contribution in [2.75, 3.05) is 0 Å². The molecule has 0 unspecified atom stereocenters. The third-order valence-corrected chi connectivity index (χ3v) is 2.03. The molecule has 0 bridgehead atoms. The smallest absolute Gasteiger partial charge is 0.179 e. The number of imidazole rings is 1. The number of rotatable bonds is 0. The highest BCUT2D eigenvalue weighted by atomic mass is 15.0. The quantitative estimate of drug-likeness (QED) is 0.511. The maximum atomic E-state index is 4.34. The molecule has 3 heterocycles. The van der Waals surface area contributed by atoms with Crippen LogP contribution in [0.25, 0.3) is 16.8 Å². The molecule has 13 heavy (non-hydrogen) atoms. The van der Waals surface area contributed by atoms with E-state index in [0.29, 0.717) is 0 Å². The molecule has 0 amide bonds. The first-order valence-electron chi connectivity index (χ1n) is 4.05. The van der Waals surface area contributed by atoms with E-state index in [4.69, 9.17) is 0 Å². The van der Waals surface area contributed by atoms with Gasteiger partial charge in [-0.3, -0.25) is 4.40 Å². The Bertz CT molecular complexity index is 518. The van der Waals surface area contributed by atoms with Gasteiger partial charge in [0.05, 0.1) is 11.7 Å². The maximum Gasteiger partial charge on any atom is 0.179 e. The lowest BCUT2D eigenvalue weighted by molar-refractivity contribution is 1.23. The molecule has 0 aliphatic carbocycles. The lowest BCUT2D eigenvalue weighted by Crippen LogP contribution is -1.81. The van der Waals surface area contributed by atoms with E-state index in [-0.39, 0.29) is 0 Å². The Morgan fingerprint density at radius 1 is 1.23 bits per heavy atom. The lowest BCUT2D eigenvalue weighted by atomic mass is 10.4. The molecule has 0 aliphatic rings. The van der Waals surface area contributed by atoms with Gasteiger partial charge in [-0.15, -0.1) is 0 Å². The molecule has 3 rings (SSSR count). The summed E-state index contributed by atoms with van der Waals surface area (Å²) in [5.74, 6) is 0. The number of aromatic nitrogens is 3. The molecule has 0 fully saturated rings. The molecule has 0 saturated carbocycles. The monoisotopic (exact) mass is 168 g/mol. The predicted molar refractivity (Wildman–Crippen MR) is 49.3 cm³/mol. The van der Waals surface area contributed by atoms with Gasteiger partial charge >= 0.3 is 0 Å². The molecule has 3 aromatic heterocycles. The van der Waals surface area contributed by atoms with Gasteiger partial charge < -0.3 is 0 Å². The van der Waals surface area contributed by atoms with E-state index in [9.17, 15) is 0 Å². The third-order valence-electron chi connectivity index (χ3n) is 2.03. The van der Waals surface area contributed by atoms with Crippen molar-refractivity contribution in [1.82, 2.24) is 14.4 Å². The minimum Gasteiger partial charge on any atom is -0.298 e. The molecule has 3 aromatic rings. The van der Waals surface area contributed by atoms with Crippen molar-refractivity contribution in [2.24, 2.45) is 0 Å². The van der Waals surface area contributed by atoms with Crippen molar-refractivity contribution in [3.8, 4) is 0 Å². The molecule has 0 aliphatic heterocycles. The molecule has 1 radical (unpaired) electrons. The van der Waals surface area contributed by atoms with Gasteiger partial charge in [-0.05, 0) is 24.3 Å². The Morgan fingerprint density at radius 2 is 2.23 bits per heavy atom. The van der Waals surface area contributed by atoms with Crippen molar-refractivity contribution >= 4 is 16.8 Å². The van der Waals surface area contributed by atoms with Crippen LogP contribution in [0.4, 0.5) is 0 Å². The van der Waals surface area contributed by atoms with Crippen molar-refractivity contribution in [1.29, 1.82) is 0 Å². The van der Waals surface area contributed by atoms with Crippen molar-refractivity contribution in [2.45, 2.75) is 0 Å². The Balaban J connectivity index is 2.64. The fraction of sp³-hybridized carbons (Fsp3) is 0. The second-order valence-corrected chi connectivity index (χ2v) is 2.82. The van der Waals surface area contributed by atoms with Gasteiger partial charge in [0.2, 0.25) is 0 Å². The zero-order chi connectivity index (χ0) is 8.67. The van der Waals surface area contributed by atoms with Crippen molar-refractivity contribution in [3.05, 3.63) is 42.7 Å². The molecule has 0 atom stereocenters. The van der Waals surface area contributed by atoms with Crippen LogP contribution in [-0.4, -0.2) is 14.4 Å². The van der Waals surface area contributed by atoms with Gasteiger partial charge in [0.15, 0.2) is 5.65 Å². The van der Waals surface area contributed by atoms with E-state index in [2.05, 4.69) is 16.2 Å². The highest BCUT2D eigenvalue weighted by Crippen LogP contribution is 2.12. The molecule has 0 saturated heterocycles. The standard InChI is InChI=1S/C10H6N3/c1-2-7-13-8-4-3-6-11-10(8)12-9(13)5-1/h1-5,7H. The molecule has 3 nitrogen and oxygen atoms in total. The Labute approximate surface area is 74.7 Å². The van der Waals surface area contributed by atoms with Gasteiger partial charge in [-0.1, -0.05) is 6.07 Å². The van der Waals surface area contributed by atoms with Gasteiger partial charge in [0.1, 0.15) is 5.65 Å². The summed E-state index contributed by atoms with van der Waals surface area (Å²) < 4.78 is 2.01. The summed E-state index contributed by atoms with van der Waals surface area (Å²) in [5.41, 5.74) is 2.69. The first-order valence-corrected chi connectivity index (χ1v) is 4.05. The zero-order valence-electron chi connectivity index (χ0n) is 6.81. The van der Waals surface area contributed by atoms with E-state index in [1.165, 1.54) is 0 Å². The topological polar surface area (TPSA) is 30.2 Å². The predicted octanol–water partition coefficient (Wildman–Crippen LogP) is 1.68. The van der Waals surface area contributed by atoms with Crippen LogP contribution in [0.3, 0.4) is 0 Å². The summed E-state index contributed by atoms with van der Waals surface area (Å²) in [6, 6.07) is 9.66. The van der Waals surface area contributed by atoms with E-state index in [1.54, 1.807) is 6.07 Å². The minimum atomic E-state index is 0.744. The molecule has 61 valence electrons. The summed E-state index contributed by atoms with van der Waals surface area (Å²) in [5, 5.41) is 0. The maximum absolute atomic E-state index is 4.34. The van der Waals surface area contributed by atoms with Crippen molar-refractivity contribution in [3.63, 3.8) is 0 Å². The van der Waals surface area contributed by atoms with Gasteiger partial charge in [0.25, 0.3) is 0 Å². The number of hydrogen-bond acceptors (Lipinski definition) is 2. The molecular weight excluding hydrogens is 162 g/mol. The van der Waals surface area contributed by atoms with Crippen LogP contribution in [0.1, 0.15) is 0 Å². The number of nitrogens with zero attached hydrogens (tertiary/aromatic N) is 3. The number of hydrogen-bond donors (Lipinski definition) is 0. The molecular formula is C10H6N3. The molecule has 0 aromatic carbocycles. The first-order chi connectivity index (χ1) is 6.45. The molecule has 3 heteroatoms.